The highest BCUT2D eigenvalue weighted by molar-refractivity contribution is 5.02. The first kappa shape index (κ1) is 8.63. The van der Waals surface area contributed by atoms with E-state index in [1.54, 1.807) is 23.3 Å². The summed E-state index contributed by atoms with van der Waals surface area (Å²) < 4.78 is 12.8. The van der Waals surface area contributed by atoms with E-state index in [-0.39, 0.29) is 0 Å². The largest absolute Gasteiger partial charge is 0.443 e. The normalized spacial score (nSPS) is 25.9. The van der Waals surface area contributed by atoms with Crippen LogP contribution >= 0.6 is 0 Å². The smallest absolute Gasteiger partial charge is 0.283 e. The van der Waals surface area contributed by atoms with Gasteiger partial charge in [-0.3, -0.25) is 9.88 Å². The van der Waals surface area contributed by atoms with Crippen molar-refractivity contribution in [2.24, 2.45) is 0 Å². The first-order valence-corrected chi connectivity index (χ1v) is 4.69. The van der Waals surface area contributed by atoms with Crippen LogP contribution in [0, 0.1) is 0 Å². The van der Waals surface area contributed by atoms with Gasteiger partial charge in [-0.1, -0.05) is 0 Å². The summed E-state index contributed by atoms with van der Waals surface area (Å²) in [6.45, 7) is 1.36. The lowest BCUT2D eigenvalue weighted by atomic mass is 10.4. The molecule has 6 nitrogen and oxygen atoms in total. The number of ether oxygens (including phenoxy) is 1. The average Bonchev–Trinajstić information content (AvgIpc) is 3.02. The first-order valence-electron chi connectivity index (χ1n) is 4.69. The Labute approximate surface area is 85.9 Å². The van der Waals surface area contributed by atoms with E-state index in [0.29, 0.717) is 12.5 Å². The molecule has 3 rings (SSSR count). The van der Waals surface area contributed by atoms with Crippen LogP contribution in [0.25, 0.3) is 0 Å². The summed E-state index contributed by atoms with van der Waals surface area (Å²) in [5, 5.41) is 3.22. The summed E-state index contributed by atoms with van der Waals surface area (Å²) in [6, 6.07) is 0. The molecule has 1 atom stereocenters. The molecule has 1 unspecified atom stereocenters. The zero-order chi connectivity index (χ0) is 10.1. The fourth-order valence-corrected chi connectivity index (χ4v) is 1.72. The molecule has 3 heterocycles. The van der Waals surface area contributed by atoms with E-state index < -0.39 is 5.85 Å². The predicted molar refractivity (Wildman–Crippen MR) is 49.8 cm³/mol. The van der Waals surface area contributed by atoms with Gasteiger partial charge in [-0.2, -0.15) is 0 Å². The molecule has 0 radical (unpaired) electrons. The van der Waals surface area contributed by atoms with Gasteiger partial charge in [-0.25, -0.2) is 9.97 Å². The van der Waals surface area contributed by atoms with Crippen LogP contribution in [0.15, 0.2) is 35.6 Å². The lowest BCUT2D eigenvalue weighted by molar-refractivity contribution is -0.0616. The summed E-state index contributed by atoms with van der Waals surface area (Å²) in [6.07, 6.45) is 8.29. The van der Waals surface area contributed by atoms with Crippen LogP contribution in [-0.4, -0.2) is 27.7 Å². The fraction of sp³-hybridized carbons (Fsp3) is 0.333. The molecule has 1 aliphatic heterocycles. The monoisotopic (exact) mass is 206 g/mol. The Hall–Kier alpha value is -1.66. The Morgan fingerprint density at radius 2 is 2.47 bits per heavy atom. The van der Waals surface area contributed by atoms with Gasteiger partial charge in [0.05, 0.1) is 19.1 Å². The van der Waals surface area contributed by atoms with E-state index in [0.717, 1.165) is 6.54 Å². The molecule has 1 N–H and O–H groups in total. The summed E-state index contributed by atoms with van der Waals surface area (Å²) in [4.78, 5) is 8.12. The maximum absolute atomic E-state index is 5.68. The predicted octanol–water partition coefficient (Wildman–Crippen LogP) is 0.150. The van der Waals surface area contributed by atoms with Gasteiger partial charge in [0.1, 0.15) is 6.26 Å². The molecule has 2 aromatic rings. The van der Waals surface area contributed by atoms with Gasteiger partial charge < -0.3 is 9.15 Å². The minimum Gasteiger partial charge on any atom is -0.443 e. The maximum Gasteiger partial charge on any atom is 0.283 e. The zero-order valence-electron chi connectivity index (χ0n) is 7.96. The molecule has 0 saturated carbocycles. The number of rotatable bonds is 2. The lowest BCUT2D eigenvalue weighted by Gasteiger charge is -2.25. The first-order chi connectivity index (χ1) is 7.42. The van der Waals surface area contributed by atoms with Crippen molar-refractivity contribution in [1.29, 1.82) is 0 Å². The van der Waals surface area contributed by atoms with E-state index in [2.05, 4.69) is 15.3 Å². The molecule has 0 amide bonds. The second-order valence-electron chi connectivity index (χ2n) is 3.23. The third-order valence-corrected chi connectivity index (χ3v) is 2.37. The molecule has 0 aromatic carbocycles. The Morgan fingerprint density at radius 1 is 1.47 bits per heavy atom. The van der Waals surface area contributed by atoms with Crippen LogP contribution in [-0.2, 0) is 10.6 Å². The Bertz CT molecular complexity index is 381. The lowest BCUT2D eigenvalue weighted by Crippen LogP contribution is -2.44. The van der Waals surface area contributed by atoms with E-state index in [1.165, 1.54) is 6.26 Å². The van der Waals surface area contributed by atoms with Gasteiger partial charge in [0.2, 0.25) is 0 Å². The molecule has 15 heavy (non-hydrogen) atoms. The fourth-order valence-electron chi connectivity index (χ4n) is 1.72. The van der Waals surface area contributed by atoms with E-state index in [1.807, 2.05) is 6.20 Å². The summed E-state index contributed by atoms with van der Waals surface area (Å²) in [5.74, 6) is -0.349. The molecule has 78 valence electrons. The minimum absolute atomic E-state index is 0.484. The number of imidazole rings is 1. The topological polar surface area (TPSA) is 65.1 Å². The molecular formula is C9H10N4O2. The number of oxazole rings is 1. The molecule has 1 saturated heterocycles. The summed E-state index contributed by atoms with van der Waals surface area (Å²) >= 11 is 0. The van der Waals surface area contributed by atoms with Crippen molar-refractivity contribution in [2.45, 2.75) is 5.85 Å². The number of nitrogens with one attached hydrogen (secondary N) is 1. The van der Waals surface area contributed by atoms with Crippen molar-refractivity contribution in [1.82, 2.24) is 19.9 Å². The Morgan fingerprint density at radius 3 is 3.07 bits per heavy atom. The van der Waals surface area contributed by atoms with Crippen LogP contribution < -0.4 is 5.32 Å². The Balaban J connectivity index is 2.10. The van der Waals surface area contributed by atoms with Gasteiger partial charge in [-0.15, -0.1) is 0 Å². The van der Waals surface area contributed by atoms with Gasteiger partial charge in [0, 0.05) is 18.9 Å². The molecule has 0 aliphatic carbocycles. The van der Waals surface area contributed by atoms with Gasteiger partial charge in [0.25, 0.3) is 11.7 Å². The van der Waals surface area contributed by atoms with E-state index >= 15 is 0 Å². The highest BCUT2D eigenvalue weighted by Crippen LogP contribution is 2.26. The third-order valence-electron chi connectivity index (χ3n) is 2.37. The molecular weight excluding hydrogens is 196 g/mol. The second kappa shape index (κ2) is 3.18. The van der Waals surface area contributed by atoms with Crippen molar-refractivity contribution in [2.75, 3.05) is 13.2 Å². The summed E-state index contributed by atoms with van der Waals surface area (Å²) in [7, 11) is 0. The van der Waals surface area contributed by atoms with Crippen molar-refractivity contribution < 1.29 is 9.15 Å². The molecule has 1 fully saturated rings. The molecule has 2 aromatic heterocycles. The second-order valence-corrected chi connectivity index (χ2v) is 3.23. The number of hydrogen-bond acceptors (Lipinski definition) is 5. The van der Waals surface area contributed by atoms with Crippen LogP contribution in [0.4, 0.5) is 0 Å². The van der Waals surface area contributed by atoms with Gasteiger partial charge in [0.15, 0.2) is 0 Å². The third kappa shape index (κ3) is 1.19. The minimum atomic E-state index is -0.833. The standard InChI is InChI=1S/C9H10N4O2/c1-4-13(7-10-1)9(12-3-6-15-9)8-11-2-5-14-8/h1-2,4-5,7,12H,3,6H2. The molecule has 0 spiro atoms. The number of nitrogens with zero attached hydrogens (tertiary/aromatic N) is 3. The van der Waals surface area contributed by atoms with Crippen molar-refractivity contribution in [3.63, 3.8) is 0 Å². The van der Waals surface area contributed by atoms with Crippen LogP contribution in [0.2, 0.25) is 0 Å². The quantitative estimate of drug-likeness (QED) is 0.757. The highest BCUT2D eigenvalue weighted by Gasteiger charge is 2.42. The highest BCUT2D eigenvalue weighted by atomic mass is 16.6. The molecule has 1 aliphatic rings. The van der Waals surface area contributed by atoms with Crippen molar-refractivity contribution >= 4 is 0 Å². The summed E-state index contributed by atoms with van der Waals surface area (Å²) in [5.41, 5.74) is 0. The van der Waals surface area contributed by atoms with Crippen molar-refractivity contribution in [3.8, 4) is 0 Å². The van der Waals surface area contributed by atoms with Crippen LogP contribution in [0.5, 0.6) is 0 Å². The van der Waals surface area contributed by atoms with Gasteiger partial charge >= 0.3 is 0 Å². The molecule has 6 heteroatoms. The molecule has 0 bridgehead atoms. The van der Waals surface area contributed by atoms with Crippen molar-refractivity contribution in [3.05, 3.63) is 37.1 Å². The maximum atomic E-state index is 5.68. The zero-order valence-corrected chi connectivity index (χ0v) is 7.96. The van der Waals surface area contributed by atoms with Crippen LogP contribution in [0.1, 0.15) is 5.89 Å². The average molecular weight is 206 g/mol. The van der Waals surface area contributed by atoms with E-state index in [4.69, 9.17) is 9.15 Å². The van der Waals surface area contributed by atoms with E-state index in [9.17, 15) is 0 Å². The SMILES string of the molecule is c1cn(C2(c3ncco3)NCCO2)cn1. The number of hydrogen-bond donors (Lipinski definition) is 1. The number of aromatic nitrogens is 3. The van der Waals surface area contributed by atoms with Gasteiger partial charge in [-0.05, 0) is 0 Å². The van der Waals surface area contributed by atoms with Crippen LogP contribution in [0.3, 0.4) is 0 Å². The Kier molecular flexibility index (Phi) is 1.83.